The highest BCUT2D eigenvalue weighted by Crippen LogP contribution is 2.20. The third-order valence-corrected chi connectivity index (χ3v) is 4.57. The second-order valence-electron chi connectivity index (χ2n) is 5.69. The predicted octanol–water partition coefficient (Wildman–Crippen LogP) is 1.93. The zero-order valence-electron chi connectivity index (χ0n) is 13.0. The summed E-state index contributed by atoms with van der Waals surface area (Å²) in [5.74, 6) is 0.810. The average molecular weight is 321 g/mol. The van der Waals surface area contributed by atoms with Gasteiger partial charge in [0.15, 0.2) is 0 Å². The number of hydrogen-bond donors (Lipinski definition) is 1. The van der Waals surface area contributed by atoms with Crippen LogP contribution in [-0.4, -0.2) is 38.9 Å². The molecular formula is C15H21ClN6. The van der Waals surface area contributed by atoms with Gasteiger partial charge in [0.2, 0.25) is 5.95 Å². The highest BCUT2D eigenvalue weighted by Gasteiger charge is 2.22. The summed E-state index contributed by atoms with van der Waals surface area (Å²) in [6.07, 6.45) is 5.87. The summed E-state index contributed by atoms with van der Waals surface area (Å²) in [6, 6.07) is 2.25. The lowest BCUT2D eigenvalue weighted by Crippen LogP contribution is -2.46. The topological polar surface area (TPSA) is 58.9 Å². The van der Waals surface area contributed by atoms with Gasteiger partial charge in [-0.3, -0.25) is 4.68 Å². The van der Waals surface area contributed by atoms with Gasteiger partial charge < -0.3 is 10.2 Å². The minimum Gasteiger partial charge on any atom is -0.339 e. The van der Waals surface area contributed by atoms with Crippen LogP contribution >= 0.6 is 11.6 Å². The molecule has 0 bridgehead atoms. The Bertz CT molecular complexity index is 626. The maximum absolute atomic E-state index is 6.29. The van der Waals surface area contributed by atoms with Crippen LogP contribution < -0.4 is 10.2 Å². The first-order chi connectivity index (χ1) is 10.6. The Labute approximate surface area is 135 Å². The van der Waals surface area contributed by atoms with Crippen LogP contribution in [0, 0.1) is 6.92 Å². The van der Waals surface area contributed by atoms with Crippen molar-refractivity contribution in [2.45, 2.75) is 32.4 Å². The summed E-state index contributed by atoms with van der Waals surface area (Å²) >= 11 is 6.29. The lowest BCUT2D eigenvalue weighted by atomic mass is 10.1. The molecule has 1 fully saturated rings. The van der Waals surface area contributed by atoms with Crippen LogP contribution in [-0.2, 0) is 13.6 Å². The van der Waals surface area contributed by atoms with E-state index in [1.807, 2.05) is 20.0 Å². The van der Waals surface area contributed by atoms with E-state index in [2.05, 4.69) is 25.3 Å². The van der Waals surface area contributed by atoms with Crippen LogP contribution in [0.3, 0.4) is 0 Å². The molecule has 6 nitrogen and oxygen atoms in total. The number of anilines is 1. The monoisotopic (exact) mass is 320 g/mol. The van der Waals surface area contributed by atoms with Crippen LogP contribution in [0.25, 0.3) is 0 Å². The molecule has 0 aromatic carbocycles. The number of halogens is 1. The maximum Gasteiger partial charge on any atom is 0.225 e. The highest BCUT2D eigenvalue weighted by atomic mass is 35.5. The van der Waals surface area contributed by atoms with Crippen LogP contribution in [0.1, 0.15) is 24.1 Å². The van der Waals surface area contributed by atoms with Crippen molar-refractivity contribution in [3.8, 4) is 0 Å². The van der Waals surface area contributed by atoms with E-state index >= 15 is 0 Å². The van der Waals surface area contributed by atoms with Crippen LogP contribution in [0.2, 0.25) is 5.15 Å². The number of aromatic nitrogens is 4. The third kappa shape index (κ3) is 3.23. The average Bonchev–Trinajstić information content (AvgIpc) is 2.79. The summed E-state index contributed by atoms with van der Waals surface area (Å²) in [7, 11) is 1.87. The van der Waals surface area contributed by atoms with E-state index < -0.39 is 0 Å². The molecule has 1 atom stereocenters. The molecule has 118 valence electrons. The van der Waals surface area contributed by atoms with Crippen molar-refractivity contribution in [1.82, 2.24) is 25.1 Å². The van der Waals surface area contributed by atoms with Gasteiger partial charge in [-0.05, 0) is 25.8 Å². The Morgan fingerprint density at radius 1 is 1.36 bits per heavy atom. The number of piperidine rings is 1. The molecular weight excluding hydrogens is 300 g/mol. The van der Waals surface area contributed by atoms with Gasteiger partial charge in [-0.1, -0.05) is 11.6 Å². The summed E-state index contributed by atoms with van der Waals surface area (Å²) in [6.45, 7) is 4.66. The molecule has 3 rings (SSSR count). The quantitative estimate of drug-likeness (QED) is 0.933. The smallest absolute Gasteiger partial charge is 0.225 e. The van der Waals surface area contributed by atoms with Gasteiger partial charge in [-0.15, -0.1) is 0 Å². The molecule has 0 amide bonds. The molecule has 3 heterocycles. The molecule has 2 aromatic heterocycles. The van der Waals surface area contributed by atoms with Crippen molar-refractivity contribution in [3.05, 3.63) is 34.9 Å². The van der Waals surface area contributed by atoms with Gasteiger partial charge in [0.1, 0.15) is 5.15 Å². The number of rotatable bonds is 4. The summed E-state index contributed by atoms with van der Waals surface area (Å²) in [4.78, 5) is 10.9. The fourth-order valence-electron chi connectivity index (χ4n) is 2.90. The fraction of sp³-hybridized carbons (Fsp3) is 0.533. The van der Waals surface area contributed by atoms with Gasteiger partial charge >= 0.3 is 0 Å². The molecule has 1 aliphatic rings. The van der Waals surface area contributed by atoms with E-state index in [1.54, 1.807) is 17.1 Å². The molecule has 2 aromatic rings. The molecule has 1 unspecified atom stereocenters. The molecule has 7 heteroatoms. The molecule has 0 spiro atoms. The molecule has 1 saturated heterocycles. The normalized spacial score (nSPS) is 18.7. The Hall–Kier alpha value is -1.66. The number of nitrogens with zero attached hydrogens (tertiary/aromatic N) is 5. The van der Waals surface area contributed by atoms with Gasteiger partial charge in [-0.25, -0.2) is 9.97 Å². The third-order valence-electron chi connectivity index (χ3n) is 4.09. The van der Waals surface area contributed by atoms with Crippen molar-refractivity contribution in [3.63, 3.8) is 0 Å². The first kappa shape index (κ1) is 15.2. The maximum atomic E-state index is 6.29. The summed E-state index contributed by atoms with van der Waals surface area (Å²) < 4.78 is 1.72. The van der Waals surface area contributed by atoms with E-state index in [0.717, 1.165) is 49.7 Å². The van der Waals surface area contributed by atoms with Crippen molar-refractivity contribution in [2.24, 2.45) is 7.05 Å². The number of nitrogens with one attached hydrogen (secondary N) is 1. The lowest BCUT2D eigenvalue weighted by molar-refractivity contribution is 0.418. The lowest BCUT2D eigenvalue weighted by Gasteiger charge is -2.33. The van der Waals surface area contributed by atoms with Gasteiger partial charge in [0, 0.05) is 50.7 Å². The fourth-order valence-corrected chi connectivity index (χ4v) is 3.14. The minimum absolute atomic E-state index is 0.410. The SMILES string of the molecule is Cc1nn(C)c(Cl)c1CNC1CCCN(c2ncccn2)C1. The largest absolute Gasteiger partial charge is 0.339 e. The molecule has 1 aliphatic heterocycles. The Balaban J connectivity index is 1.61. The minimum atomic E-state index is 0.410. The number of aryl methyl sites for hydroxylation is 2. The number of hydrogen-bond acceptors (Lipinski definition) is 5. The molecule has 0 saturated carbocycles. The van der Waals surface area contributed by atoms with Crippen LogP contribution in [0.4, 0.5) is 5.95 Å². The van der Waals surface area contributed by atoms with Crippen molar-refractivity contribution in [1.29, 1.82) is 0 Å². The zero-order valence-corrected chi connectivity index (χ0v) is 13.7. The summed E-state index contributed by atoms with van der Waals surface area (Å²) in [5, 5.41) is 8.66. The van der Waals surface area contributed by atoms with E-state index in [1.165, 1.54) is 0 Å². The van der Waals surface area contributed by atoms with Crippen molar-refractivity contribution >= 4 is 17.5 Å². The van der Waals surface area contributed by atoms with E-state index in [4.69, 9.17) is 11.6 Å². The highest BCUT2D eigenvalue weighted by molar-refractivity contribution is 6.30. The predicted molar refractivity (Wildman–Crippen MR) is 87.1 cm³/mol. The second-order valence-corrected chi connectivity index (χ2v) is 6.05. The van der Waals surface area contributed by atoms with Crippen LogP contribution in [0.15, 0.2) is 18.5 Å². The molecule has 1 N–H and O–H groups in total. The van der Waals surface area contributed by atoms with Crippen LogP contribution in [0.5, 0.6) is 0 Å². The molecule has 22 heavy (non-hydrogen) atoms. The first-order valence-corrected chi connectivity index (χ1v) is 7.96. The first-order valence-electron chi connectivity index (χ1n) is 7.58. The van der Waals surface area contributed by atoms with Gasteiger partial charge in [-0.2, -0.15) is 5.10 Å². The second kappa shape index (κ2) is 6.62. The van der Waals surface area contributed by atoms with E-state index in [0.29, 0.717) is 11.2 Å². The Kier molecular flexibility index (Phi) is 4.59. The van der Waals surface area contributed by atoms with Crippen molar-refractivity contribution in [2.75, 3.05) is 18.0 Å². The standard InChI is InChI=1S/C15H21ClN6/c1-11-13(14(16)21(2)20-11)9-19-12-5-3-8-22(10-12)15-17-6-4-7-18-15/h4,6-7,12,19H,3,5,8-10H2,1-2H3. The Morgan fingerprint density at radius 2 is 2.14 bits per heavy atom. The summed E-state index contributed by atoms with van der Waals surface area (Å²) in [5.41, 5.74) is 2.07. The van der Waals surface area contributed by atoms with Gasteiger partial charge in [0.05, 0.1) is 5.69 Å². The van der Waals surface area contributed by atoms with E-state index in [-0.39, 0.29) is 0 Å². The van der Waals surface area contributed by atoms with Gasteiger partial charge in [0.25, 0.3) is 0 Å². The van der Waals surface area contributed by atoms with Crippen molar-refractivity contribution < 1.29 is 0 Å². The molecule has 0 radical (unpaired) electrons. The molecule has 0 aliphatic carbocycles. The Morgan fingerprint density at radius 3 is 2.82 bits per heavy atom. The van der Waals surface area contributed by atoms with E-state index in [9.17, 15) is 0 Å². The zero-order chi connectivity index (χ0) is 15.5.